The number of carbonyl (C=O) groups excluding carboxylic acids is 3. The van der Waals surface area contributed by atoms with E-state index in [2.05, 4.69) is 5.32 Å². The van der Waals surface area contributed by atoms with Crippen molar-refractivity contribution in [2.75, 3.05) is 32.6 Å². The van der Waals surface area contributed by atoms with E-state index in [9.17, 15) is 14.4 Å². The summed E-state index contributed by atoms with van der Waals surface area (Å²) in [7, 11) is 2.90. The lowest BCUT2D eigenvalue weighted by molar-refractivity contribution is -0.121. The number of rotatable bonds is 5. The molecule has 0 bridgehead atoms. The number of ether oxygens (including phenoxy) is 2. The fourth-order valence-electron chi connectivity index (χ4n) is 3.35. The maximum Gasteiger partial charge on any atom is 0.337 e. The molecule has 29 heavy (non-hydrogen) atoms. The standard InChI is InChI=1S/C22H24N2O5/c1-28-19-8-6-16(7-9-19)21(26)24-12-10-15(11-13-24)20(25)23-18-5-3-4-17(14-18)22(27)29-2/h3-9,14-15H,10-13H2,1-2H3,(H,23,25). The molecule has 0 aromatic heterocycles. The zero-order valence-electron chi connectivity index (χ0n) is 16.5. The van der Waals surface area contributed by atoms with E-state index in [1.807, 2.05) is 0 Å². The first-order valence-corrected chi connectivity index (χ1v) is 9.44. The van der Waals surface area contributed by atoms with Crippen molar-refractivity contribution in [3.05, 3.63) is 59.7 Å². The molecule has 0 unspecified atom stereocenters. The first-order chi connectivity index (χ1) is 14.0. The van der Waals surface area contributed by atoms with Gasteiger partial charge in [-0.3, -0.25) is 9.59 Å². The highest BCUT2D eigenvalue weighted by Crippen LogP contribution is 2.22. The number of anilines is 1. The Hall–Kier alpha value is -3.35. The molecule has 1 heterocycles. The molecule has 1 saturated heterocycles. The summed E-state index contributed by atoms with van der Waals surface area (Å²) in [6.45, 7) is 1.04. The number of nitrogens with one attached hydrogen (secondary N) is 1. The molecule has 7 nitrogen and oxygen atoms in total. The number of methoxy groups -OCH3 is 2. The molecule has 1 aliphatic rings. The zero-order chi connectivity index (χ0) is 20.8. The van der Waals surface area contributed by atoms with E-state index in [-0.39, 0.29) is 17.7 Å². The third-order valence-corrected chi connectivity index (χ3v) is 5.04. The molecular formula is C22H24N2O5. The van der Waals surface area contributed by atoms with Gasteiger partial charge in [-0.05, 0) is 55.3 Å². The van der Waals surface area contributed by atoms with Crippen molar-refractivity contribution in [1.29, 1.82) is 0 Å². The van der Waals surface area contributed by atoms with Crippen LogP contribution in [-0.4, -0.2) is 50.0 Å². The molecule has 2 amide bonds. The van der Waals surface area contributed by atoms with Crippen LogP contribution in [0.1, 0.15) is 33.6 Å². The first-order valence-electron chi connectivity index (χ1n) is 9.44. The van der Waals surface area contributed by atoms with Crippen LogP contribution in [0.2, 0.25) is 0 Å². The second kappa shape index (κ2) is 9.23. The number of hydrogen-bond acceptors (Lipinski definition) is 5. The SMILES string of the molecule is COC(=O)c1cccc(NC(=O)C2CCN(C(=O)c3ccc(OC)cc3)CC2)c1. The molecule has 2 aromatic carbocycles. The van der Waals surface area contributed by atoms with Gasteiger partial charge >= 0.3 is 5.97 Å². The summed E-state index contributed by atoms with van der Waals surface area (Å²) in [4.78, 5) is 38.6. The maximum absolute atomic E-state index is 12.6. The number of carbonyl (C=O) groups is 3. The van der Waals surface area contributed by atoms with E-state index in [1.54, 1.807) is 60.5 Å². The number of hydrogen-bond donors (Lipinski definition) is 1. The number of piperidine rings is 1. The van der Waals surface area contributed by atoms with Crippen molar-refractivity contribution in [3.63, 3.8) is 0 Å². The Balaban J connectivity index is 1.55. The van der Waals surface area contributed by atoms with Crippen molar-refractivity contribution < 1.29 is 23.9 Å². The number of likely N-dealkylation sites (tertiary alicyclic amines) is 1. The van der Waals surface area contributed by atoms with Crippen molar-refractivity contribution >= 4 is 23.5 Å². The Bertz CT molecular complexity index is 886. The molecule has 3 rings (SSSR count). The summed E-state index contributed by atoms with van der Waals surface area (Å²) in [5.41, 5.74) is 1.54. The lowest BCUT2D eigenvalue weighted by Crippen LogP contribution is -2.41. The summed E-state index contributed by atoms with van der Waals surface area (Å²) in [6.07, 6.45) is 1.18. The van der Waals surface area contributed by atoms with Gasteiger partial charge in [0.2, 0.25) is 5.91 Å². The minimum Gasteiger partial charge on any atom is -0.497 e. The monoisotopic (exact) mass is 396 g/mol. The van der Waals surface area contributed by atoms with Crippen molar-refractivity contribution in [1.82, 2.24) is 4.90 Å². The minimum atomic E-state index is -0.452. The molecule has 1 N–H and O–H groups in total. The van der Waals surface area contributed by atoms with Crippen LogP contribution < -0.4 is 10.1 Å². The molecule has 2 aromatic rings. The van der Waals surface area contributed by atoms with Crippen LogP contribution in [0.4, 0.5) is 5.69 Å². The van der Waals surface area contributed by atoms with Gasteiger partial charge in [-0.15, -0.1) is 0 Å². The van der Waals surface area contributed by atoms with E-state index >= 15 is 0 Å². The molecule has 0 aliphatic carbocycles. The zero-order valence-corrected chi connectivity index (χ0v) is 16.5. The highest BCUT2D eigenvalue weighted by molar-refractivity contribution is 5.96. The highest BCUT2D eigenvalue weighted by Gasteiger charge is 2.28. The third-order valence-electron chi connectivity index (χ3n) is 5.04. The second-order valence-corrected chi connectivity index (χ2v) is 6.86. The van der Waals surface area contributed by atoms with Crippen LogP contribution in [0.15, 0.2) is 48.5 Å². The summed E-state index contributed by atoms with van der Waals surface area (Å²) >= 11 is 0. The molecule has 1 aliphatic heterocycles. The number of amides is 2. The summed E-state index contributed by atoms with van der Waals surface area (Å²) in [5, 5.41) is 2.86. The molecule has 0 atom stereocenters. The van der Waals surface area contributed by atoms with Crippen LogP contribution in [0.25, 0.3) is 0 Å². The van der Waals surface area contributed by atoms with E-state index in [1.165, 1.54) is 7.11 Å². The molecule has 0 radical (unpaired) electrons. The van der Waals surface area contributed by atoms with Crippen LogP contribution in [-0.2, 0) is 9.53 Å². The van der Waals surface area contributed by atoms with Gasteiger partial charge in [-0.1, -0.05) is 6.07 Å². The van der Waals surface area contributed by atoms with Gasteiger partial charge in [-0.25, -0.2) is 4.79 Å². The first kappa shape index (κ1) is 20.4. The van der Waals surface area contributed by atoms with Crippen molar-refractivity contribution in [2.45, 2.75) is 12.8 Å². The lowest BCUT2D eigenvalue weighted by Gasteiger charge is -2.31. The normalized spacial score (nSPS) is 14.2. The van der Waals surface area contributed by atoms with E-state index in [4.69, 9.17) is 9.47 Å². The number of esters is 1. The van der Waals surface area contributed by atoms with Gasteiger partial charge in [0.05, 0.1) is 19.8 Å². The second-order valence-electron chi connectivity index (χ2n) is 6.86. The fraction of sp³-hybridized carbons (Fsp3) is 0.318. The van der Waals surface area contributed by atoms with Gasteiger partial charge < -0.3 is 19.7 Å². The van der Waals surface area contributed by atoms with Crippen molar-refractivity contribution in [3.8, 4) is 5.75 Å². The summed E-state index contributed by atoms with van der Waals surface area (Å²) < 4.78 is 9.82. The molecule has 1 fully saturated rings. The maximum atomic E-state index is 12.6. The van der Waals surface area contributed by atoms with Gasteiger partial charge in [-0.2, -0.15) is 0 Å². The Morgan fingerprint density at radius 3 is 2.28 bits per heavy atom. The average Bonchev–Trinajstić information content (AvgIpc) is 2.78. The quantitative estimate of drug-likeness (QED) is 0.786. The topological polar surface area (TPSA) is 84.9 Å². The predicted molar refractivity (Wildman–Crippen MR) is 108 cm³/mol. The van der Waals surface area contributed by atoms with E-state index in [0.717, 1.165) is 0 Å². The largest absolute Gasteiger partial charge is 0.497 e. The van der Waals surface area contributed by atoms with Gasteiger partial charge in [0.25, 0.3) is 5.91 Å². The molecule has 7 heteroatoms. The number of nitrogens with zero attached hydrogens (tertiary/aromatic N) is 1. The Labute approximate surface area is 169 Å². The van der Waals surface area contributed by atoms with Gasteiger partial charge in [0.1, 0.15) is 5.75 Å². The highest BCUT2D eigenvalue weighted by atomic mass is 16.5. The van der Waals surface area contributed by atoms with Crippen LogP contribution >= 0.6 is 0 Å². The smallest absolute Gasteiger partial charge is 0.337 e. The third kappa shape index (κ3) is 4.93. The predicted octanol–water partition coefficient (Wildman–Crippen LogP) is 2.97. The molecular weight excluding hydrogens is 372 g/mol. The van der Waals surface area contributed by atoms with Crippen LogP contribution in [0.5, 0.6) is 5.75 Å². The molecule has 0 spiro atoms. The summed E-state index contributed by atoms with van der Waals surface area (Å²) in [5.74, 6) is -0.0859. The Morgan fingerprint density at radius 1 is 0.966 bits per heavy atom. The van der Waals surface area contributed by atoms with Gasteiger partial charge in [0, 0.05) is 30.3 Å². The van der Waals surface area contributed by atoms with E-state index in [0.29, 0.717) is 48.5 Å². The number of benzene rings is 2. The molecule has 152 valence electrons. The van der Waals surface area contributed by atoms with Crippen molar-refractivity contribution in [2.24, 2.45) is 5.92 Å². The van der Waals surface area contributed by atoms with E-state index < -0.39 is 5.97 Å². The minimum absolute atomic E-state index is 0.0442. The Kier molecular flexibility index (Phi) is 6.49. The molecule has 0 saturated carbocycles. The van der Waals surface area contributed by atoms with Crippen LogP contribution in [0.3, 0.4) is 0 Å². The van der Waals surface area contributed by atoms with Crippen LogP contribution in [0, 0.1) is 5.92 Å². The average molecular weight is 396 g/mol. The van der Waals surface area contributed by atoms with Gasteiger partial charge in [0.15, 0.2) is 0 Å². The fourth-order valence-corrected chi connectivity index (χ4v) is 3.35. The Morgan fingerprint density at radius 2 is 1.66 bits per heavy atom. The lowest BCUT2D eigenvalue weighted by atomic mass is 9.95. The summed E-state index contributed by atoms with van der Waals surface area (Å²) in [6, 6.07) is 13.6.